The maximum atomic E-state index is 9.84. The van der Waals surface area contributed by atoms with E-state index >= 15 is 0 Å². The van der Waals surface area contributed by atoms with Crippen LogP contribution in [-0.4, -0.2) is 30.5 Å². The summed E-state index contributed by atoms with van der Waals surface area (Å²) < 4.78 is 29.5. The molecule has 74 valence electrons. The van der Waals surface area contributed by atoms with Crippen LogP contribution >= 0.6 is 12.6 Å². The van der Waals surface area contributed by atoms with E-state index in [1.165, 1.54) is 0 Å². The summed E-state index contributed by atoms with van der Waals surface area (Å²) in [4.78, 5) is 0. The zero-order valence-corrected chi connectivity index (χ0v) is 11.6. The minimum atomic E-state index is -4.05. The summed E-state index contributed by atoms with van der Waals surface area (Å²) in [6.07, 6.45) is 1.65. The fourth-order valence-corrected chi connectivity index (χ4v) is 1.43. The van der Waals surface area contributed by atoms with E-state index in [0.29, 0.717) is 6.54 Å². The molecule has 0 heterocycles. The van der Waals surface area contributed by atoms with Crippen molar-refractivity contribution in [1.82, 2.24) is 0 Å². The molecule has 4 nitrogen and oxygen atoms in total. The first-order chi connectivity index (χ1) is 5.33. The van der Waals surface area contributed by atoms with Crippen LogP contribution in [0.4, 0.5) is 0 Å². The Morgan fingerprint density at radius 2 is 2.00 bits per heavy atom. The van der Waals surface area contributed by atoms with E-state index in [9.17, 15) is 13.0 Å². The summed E-state index contributed by atoms with van der Waals surface area (Å²) in [6.45, 7) is 5.49. The second-order valence-electron chi connectivity index (χ2n) is 2.10. The van der Waals surface area contributed by atoms with Crippen LogP contribution < -0.4 is 35.3 Å². The topological polar surface area (TPSA) is 83.2 Å². The molecule has 2 N–H and O–H groups in total. The predicted molar refractivity (Wildman–Crippen MR) is 52.3 cm³/mol. The molecule has 0 aliphatic carbocycles. The SMILES string of the molecule is C=CCN.CC(S)CS(=O)(=O)[O-].[Na+]. The van der Waals surface area contributed by atoms with Gasteiger partial charge in [0, 0.05) is 17.5 Å². The minimum absolute atomic E-state index is 0. The summed E-state index contributed by atoms with van der Waals surface area (Å²) in [5.74, 6) is -0.393. The maximum absolute atomic E-state index is 9.84. The second kappa shape index (κ2) is 11.0. The Labute approximate surface area is 107 Å². The van der Waals surface area contributed by atoms with Gasteiger partial charge in [0.05, 0.1) is 10.1 Å². The van der Waals surface area contributed by atoms with Gasteiger partial charge in [0.25, 0.3) is 0 Å². The van der Waals surface area contributed by atoms with E-state index in [4.69, 9.17) is 5.73 Å². The van der Waals surface area contributed by atoms with Crippen LogP contribution in [0.1, 0.15) is 6.92 Å². The predicted octanol–water partition coefficient (Wildman–Crippen LogP) is -3.01. The molecule has 1 atom stereocenters. The summed E-state index contributed by atoms with van der Waals surface area (Å²) in [5, 5.41) is -0.363. The molecule has 7 heteroatoms. The van der Waals surface area contributed by atoms with Gasteiger partial charge in [-0.1, -0.05) is 13.0 Å². The molecule has 0 amide bonds. The molecule has 0 aromatic heterocycles. The van der Waals surface area contributed by atoms with Gasteiger partial charge in [0.15, 0.2) is 0 Å². The second-order valence-corrected chi connectivity index (χ2v) is 4.43. The first-order valence-corrected chi connectivity index (χ1v) is 5.35. The molecule has 0 radical (unpaired) electrons. The largest absolute Gasteiger partial charge is 1.00 e. The molecular formula is C6H14NNaO3S2. The molecule has 0 aliphatic heterocycles. The Kier molecular flexibility index (Phi) is 16.6. The fourth-order valence-electron chi connectivity index (χ4n) is 0.295. The van der Waals surface area contributed by atoms with Crippen LogP contribution in [0.25, 0.3) is 0 Å². The first kappa shape index (κ1) is 19.5. The Morgan fingerprint density at radius 1 is 1.69 bits per heavy atom. The van der Waals surface area contributed by atoms with Crippen molar-refractivity contribution in [2.45, 2.75) is 12.2 Å². The van der Waals surface area contributed by atoms with E-state index in [-0.39, 0.29) is 34.8 Å². The monoisotopic (exact) mass is 235 g/mol. The van der Waals surface area contributed by atoms with E-state index in [2.05, 4.69) is 19.2 Å². The van der Waals surface area contributed by atoms with Gasteiger partial charge in [-0.25, -0.2) is 8.42 Å². The van der Waals surface area contributed by atoms with E-state index in [1.54, 1.807) is 13.0 Å². The third kappa shape index (κ3) is 32.1. The summed E-state index contributed by atoms with van der Waals surface area (Å²) in [7, 11) is -4.05. The third-order valence-electron chi connectivity index (χ3n) is 0.612. The summed E-state index contributed by atoms with van der Waals surface area (Å²) in [6, 6.07) is 0. The van der Waals surface area contributed by atoms with Gasteiger partial charge in [-0.3, -0.25) is 0 Å². The molecule has 0 rings (SSSR count). The van der Waals surface area contributed by atoms with Gasteiger partial charge in [0.2, 0.25) is 0 Å². The Morgan fingerprint density at radius 3 is 2.00 bits per heavy atom. The van der Waals surface area contributed by atoms with Gasteiger partial charge in [-0.05, 0) is 0 Å². The maximum Gasteiger partial charge on any atom is 1.00 e. The summed E-state index contributed by atoms with van der Waals surface area (Å²) in [5.41, 5.74) is 4.91. The molecule has 0 aromatic carbocycles. The van der Waals surface area contributed by atoms with Crippen LogP contribution in [0, 0.1) is 0 Å². The van der Waals surface area contributed by atoms with Crippen molar-refractivity contribution in [1.29, 1.82) is 0 Å². The molecule has 13 heavy (non-hydrogen) atoms. The molecular weight excluding hydrogens is 221 g/mol. The molecule has 0 saturated heterocycles. The number of hydrogen-bond donors (Lipinski definition) is 2. The van der Waals surface area contributed by atoms with Crippen molar-refractivity contribution in [2.24, 2.45) is 5.73 Å². The average Bonchev–Trinajstić information content (AvgIpc) is 1.83. The zero-order valence-electron chi connectivity index (χ0n) is 7.93. The molecule has 0 spiro atoms. The van der Waals surface area contributed by atoms with Crippen molar-refractivity contribution >= 4 is 22.7 Å². The average molecular weight is 235 g/mol. The van der Waals surface area contributed by atoms with Crippen molar-refractivity contribution in [2.75, 3.05) is 12.3 Å². The fraction of sp³-hybridized carbons (Fsp3) is 0.667. The van der Waals surface area contributed by atoms with Crippen molar-refractivity contribution in [3.8, 4) is 0 Å². The Bertz CT molecular complexity index is 204. The number of nitrogens with two attached hydrogens (primary N) is 1. The van der Waals surface area contributed by atoms with Crippen LogP contribution in [0.5, 0.6) is 0 Å². The van der Waals surface area contributed by atoms with Gasteiger partial charge >= 0.3 is 29.6 Å². The van der Waals surface area contributed by atoms with Crippen LogP contribution in [0.3, 0.4) is 0 Å². The Balaban J connectivity index is -0.000000173. The molecule has 0 bridgehead atoms. The van der Waals surface area contributed by atoms with Crippen molar-refractivity contribution < 1.29 is 42.5 Å². The van der Waals surface area contributed by atoms with Gasteiger partial charge in [-0.15, -0.1) is 6.58 Å². The standard InChI is InChI=1S/C3H7N.C3H8O3S2.Na/c1-2-3-4;1-3(7)2-8(4,5)6;/h2H,1,3-4H2;3,7H,2H2,1H3,(H,4,5,6);/q;;+1/p-1. The normalized spacial score (nSPS) is 11.7. The molecule has 1 unspecified atom stereocenters. The van der Waals surface area contributed by atoms with Gasteiger partial charge in [0.1, 0.15) is 0 Å². The minimum Gasteiger partial charge on any atom is -0.748 e. The van der Waals surface area contributed by atoms with Crippen LogP contribution in [-0.2, 0) is 10.1 Å². The first-order valence-electron chi connectivity index (χ1n) is 3.26. The van der Waals surface area contributed by atoms with Gasteiger partial charge < -0.3 is 10.3 Å². The third-order valence-corrected chi connectivity index (χ3v) is 1.95. The molecule has 0 fully saturated rings. The number of rotatable bonds is 3. The summed E-state index contributed by atoms with van der Waals surface area (Å²) >= 11 is 3.71. The van der Waals surface area contributed by atoms with Crippen LogP contribution in [0.2, 0.25) is 0 Å². The Hall–Kier alpha value is 0.960. The van der Waals surface area contributed by atoms with E-state index in [1.807, 2.05) is 0 Å². The van der Waals surface area contributed by atoms with Crippen molar-refractivity contribution in [3.05, 3.63) is 12.7 Å². The van der Waals surface area contributed by atoms with Gasteiger partial charge in [-0.2, -0.15) is 12.6 Å². The van der Waals surface area contributed by atoms with E-state index in [0.717, 1.165) is 0 Å². The van der Waals surface area contributed by atoms with E-state index < -0.39 is 15.9 Å². The zero-order chi connectivity index (χ0) is 10.2. The van der Waals surface area contributed by atoms with Crippen LogP contribution in [0.15, 0.2) is 12.7 Å². The molecule has 0 aromatic rings. The molecule has 0 saturated carbocycles. The quantitative estimate of drug-likeness (QED) is 0.236. The number of thiol groups is 1. The van der Waals surface area contributed by atoms with Crippen molar-refractivity contribution in [3.63, 3.8) is 0 Å². The number of hydrogen-bond acceptors (Lipinski definition) is 5. The smallest absolute Gasteiger partial charge is 0.748 e. The molecule has 0 aliphatic rings.